The van der Waals surface area contributed by atoms with Gasteiger partial charge in [-0.1, -0.05) is 12.1 Å². The predicted octanol–water partition coefficient (Wildman–Crippen LogP) is 2.82. The van der Waals surface area contributed by atoms with Crippen molar-refractivity contribution in [1.29, 1.82) is 0 Å². The van der Waals surface area contributed by atoms with Crippen LogP contribution >= 0.6 is 11.3 Å². The first kappa shape index (κ1) is 13.7. The van der Waals surface area contributed by atoms with Gasteiger partial charge in [0.15, 0.2) is 0 Å². The number of unbranched alkanes of at least 4 members (excludes halogenated alkanes) is 1. The predicted molar refractivity (Wildman–Crippen MR) is 78.2 cm³/mol. The van der Waals surface area contributed by atoms with E-state index in [0.717, 1.165) is 30.7 Å². The molecule has 2 aromatic rings. The van der Waals surface area contributed by atoms with E-state index in [1.165, 1.54) is 5.56 Å². The Balaban J connectivity index is 1.56. The Morgan fingerprint density at radius 1 is 1.26 bits per heavy atom. The second-order valence-corrected chi connectivity index (χ2v) is 5.46. The standard InChI is InChI=1S/C15H18N2OS/c18-15(11-14-7-4-10-19-14)17-9-2-1-5-13-6-3-8-16-12-13/h3-4,6-8,10,12H,1-2,5,9,11H2,(H,17,18). The molecular weight excluding hydrogens is 256 g/mol. The molecule has 0 fully saturated rings. The van der Waals surface area contributed by atoms with Crippen LogP contribution in [0.1, 0.15) is 23.3 Å². The molecule has 2 heterocycles. The molecule has 0 spiro atoms. The number of amides is 1. The van der Waals surface area contributed by atoms with E-state index in [2.05, 4.69) is 16.4 Å². The van der Waals surface area contributed by atoms with Gasteiger partial charge in [0.2, 0.25) is 5.91 Å². The summed E-state index contributed by atoms with van der Waals surface area (Å²) in [5, 5.41) is 4.96. The first-order chi connectivity index (χ1) is 9.34. The second kappa shape index (κ2) is 7.69. The monoisotopic (exact) mass is 274 g/mol. The fourth-order valence-corrected chi connectivity index (χ4v) is 2.57. The summed E-state index contributed by atoms with van der Waals surface area (Å²) in [7, 11) is 0. The molecule has 0 saturated carbocycles. The highest BCUT2D eigenvalue weighted by molar-refractivity contribution is 7.10. The number of carbonyl (C=O) groups is 1. The molecule has 0 unspecified atom stereocenters. The van der Waals surface area contributed by atoms with E-state index in [-0.39, 0.29) is 5.91 Å². The molecule has 0 atom stereocenters. The number of thiophene rings is 1. The molecule has 19 heavy (non-hydrogen) atoms. The number of pyridine rings is 1. The first-order valence-corrected chi connectivity index (χ1v) is 7.40. The van der Waals surface area contributed by atoms with Crippen molar-refractivity contribution in [3.05, 3.63) is 52.5 Å². The van der Waals surface area contributed by atoms with Crippen molar-refractivity contribution in [1.82, 2.24) is 10.3 Å². The molecule has 2 aromatic heterocycles. The van der Waals surface area contributed by atoms with Gasteiger partial charge in [0.05, 0.1) is 6.42 Å². The van der Waals surface area contributed by atoms with Gasteiger partial charge >= 0.3 is 0 Å². The molecular formula is C15H18N2OS. The summed E-state index contributed by atoms with van der Waals surface area (Å²) in [6.45, 7) is 0.754. The van der Waals surface area contributed by atoms with Crippen LogP contribution in [0.3, 0.4) is 0 Å². The number of aromatic nitrogens is 1. The van der Waals surface area contributed by atoms with Crippen molar-refractivity contribution < 1.29 is 4.79 Å². The summed E-state index contributed by atoms with van der Waals surface area (Å²) in [5.74, 6) is 0.115. The molecule has 0 saturated heterocycles. The molecule has 1 amide bonds. The quantitative estimate of drug-likeness (QED) is 0.789. The van der Waals surface area contributed by atoms with E-state index >= 15 is 0 Å². The molecule has 0 radical (unpaired) electrons. The number of nitrogens with one attached hydrogen (secondary N) is 1. The van der Waals surface area contributed by atoms with Crippen LogP contribution in [0.25, 0.3) is 0 Å². The molecule has 2 rings (SSSR count). The molecule has 0 aliphatic heterocycles. The van der Waals surface area contributed by atoms with E-state index in [9.17, 15) is 4.79 Å². The minimum absolute atomic E-state index is 0.115. The lowest BCUT2D eigenvalue weighted by atomic mass is 10.1. The Morgan fingerprint density at radius 3 is 2.95 bits per heavy atom. The number of hydrogen-bond acceptors (Lipinski definition) is 3. The van der Waals surface area contributed by atoms with Gasteiger partial charge in [-0.15, -0.1) is 11.3 Å². The topological polar surface area (TPSA) is 42.0 Å². The zero-order chi connectivity index (χ0) is 13.3. The molecule has 100 valence electrons. The van der Waals surface area contributed by atoms with Crippen LogP contribution in [0.4, 0.5) is 0 Å². The summed E-state index contributed by atoms with van der Waals surface area (Å²) in [4.78, 5) is 16.8. The average Bonchev–Trinajstić information content (AvgIpc) is 2.92. The van der Waals surface area contributed by atoms with Gasteiger partial charge in [0.25, 0.3) is 0 Å². The maximum Gasteiger partial charge on any atom is 0.225 e. The highest BCUT2D eigenvalue weighted by Crippen LogP contribution is 2.08. The SMILES string of the molecule is O=C(Cc1cccs1)NCCCCc1cccnc1. The van der Waals surface area contributed by atoms with E-state index in [4.69, 9.17) is 0 Å². The molecule has 1 N–H and O–H groups in total. The highest BCUT2D eigenvalue weighted by atomic mass is 32.1. The fourth-order valence-electron chi connectivity index (χ4n) is 1.86. The third-order valence-corrected chi connectivity index (χ3v) is 3.73. The van der Waals surface area contributed by atoms with Gasteiger partial charge in [0.1, 0.15) is 0 Å². The van der Waals surface area contributed by atoms with E-state index < -0.39 is 0 Å². The summed E-state index contributed by atoms with van der Waals surface area (Å²) < 4.78 is 0. The zero-order valence-electron chi connectivity index (χ0n) is 10.8. The lowest BCUT2D eigenvalue weighted by Crippen LogP contribution is -2.25. The molecule has 3 nitrogen and oxygen atoms in total. The van der Waals surface area contributed by atoms with Crippen LogP contribution < -0.4 is 5.32 Å². The highest BCUT2D eigenvalue weighted by Gasteiger charge is 2.03. The molecule has 0 aromatic carbocycles. The van der Waals surface area contributed by atoms with Gasteiger partial charge in [0, 0.05) is 23.8 Å². The average molecular weight is 274 g/mol. The maximum atomic E-state index is 11.6. The Morgan fingerprint density at radius 2 is 2.21 bits per heavy atom. The third-order valence-electron chi connectivity index (χ3n) is 2.85. The summed E-state index contributed by atoms with van der Waals surface area (Å²) in [5.41, 5.74) is 1.26. The molecule has 0 bridgehead atoms. The Hall–Kier alpha value is -1.68. The van der Waals surface area contributed by atoms with E-state index in [0.29, 0.717) is 6.42 Å². The van der Waals surface area contributed by atoms with Gasteiger partial charge in [-0.2, -0.15) is 0 Å². The number of rotatable bonds is 7. The lowest BCUT2D eigenvalue weighted by molar-refractivity contribution is -0.120. The van der Waals surface area contributed by atoms with Gasteiger partial charge in [-0.3, -0.25) is 9.78 Å². The largest absolute Gasteiger partial charge is 0.356 e. The van der Waals surface area contributed by atoms with Crippen LogP contribution in [0, 0.1) is 0 Å². The Labute approximate surface area is 117 Å². The number of nitrogens with zero attached hydrogens (tertiary/aromatic N) is 1. The smallest absolute Gasteiger partial charge is 0.225 e. The number of carbonyl (C=O) groups excluding carboxylic acids is 1. The van der Waals surface area contributed by atoms with Crippen molar-refractivity contribution in [2.24, 2.45) is 0 Å². The van der Waals surface area contributed by atoms with Crippen molar-refractivity contribution in [3.8, 4) is 0 Å². The minimum Gasteiger partial charge on any atom is -0.356 e. The Kier molecular flexibility index (Phi) is 5.56. The Bertz CT molecular complexity index is 482. The number of aryl methyl sites for hydroxylation is 1. The van der Waals surface area contributed by atoms with E-state index in [1.807, 2.05) is 29.8 Å². The van der Waals surface area contributed by atoms with Crippen LogP contribution in [-0.2, 0) is 17.6 Å². The van der Waals surface area contributed by atoms with Gasteiger partial charge < -0.3 is 5.32 Å². The normalized spacial score (nSPS) is 10.3. The van der Waals surface area contributed by atoms with Gasteiger partial charge in [-0.05, 0) is 42.3 Å². The van der Waals surface area contributed by atoms with Crippen LogP contribution in [0.15, 0.2) is 42.0 Å². The number of hydrogen-bond donors (Lipinski definition) is 1. The van der Waals surface area contributed by atoms with Crippen LogP contribution in [0.2, 0.25) is 0 Å². The lowest BCUT2D eigenvalue weighted by Gasteiger charge is -2.04. The summed E-state index contributed by atoms with van der Waals surface area (Å²) >= 11 is 1.62. The summed E-state index contributed by atoms with van der Waals surface area (Å²) in [6, 6.07) is 8.01. The molecule has 0 aliphatic rings. The summed E-state index contributed by atoms with van der Waals surface area (Å²) in [6.07, 6.45) is 7.29. The first-order valence-electron chi connectivity index (χ1n) is 6.52. The van der Waals surface area contributed by atoms with Crippen molar-refractivity contribution >= 4 is 17.2 Å². The molecule has 4 heteroatoms. The van der Waals surface area contributed by atoms with E-state index in [1.54, 1.807) is 17.5 Å². The maximum absolute atomic E-state index is 11.6. The second-order valence-electron chi connectivity index (χ2n) is 4.42. The van der Waals surface area contributed by atoms with Crippen molar-refractivity contribution in [2.75, 3.05) is 6.54 Å². The van der Waals surface area contributed by atoms with Crippen molar-refractivity contribution in [3.63, 3.8) is 0 Å². The van der Waals surface area contributed by atoms with Gasteiger partial charge in [-0.25, -0.2) is 0 Å². The van der Waals surface area contributed by atoms with Crippen LogP contribution in [0.5, 0.6) is 0 Å². The van der Waals surface area contributed by atoms with Crippen LogP contribution in [-0.4, -0.2) is 17.4 Å². The fraction of sp³-hybridized carbons (Fsp3) is 0.333. The van der Waals surface area contributed by atoms with Crippen molar-refractivity contribution in [2.45, 2.75) is 25.7 Å². The third kappa shape index (κ3) is 5.22. The molecule has 0 aliphatic carbocycles. The minimum atomic E-state index is 0.115. The zero-order valence-corrected chi connectivity index (χ0v) is 11.7.